The van der Waals surface area contributed by atoms with Crippen molar-refractivity contribution in [1.82, 2.24) is 15.5 Å². The second kappa shape index (κ2) is 9.18. The fourth-order valence-corrected chi connectivity index (χ4v) is 4.49. The van der Waals surface area contributed by atoms with Gasteiger partial charge in [0.15, 0.2) is 0 Å². The van der Waals surface area contributed by atoms with E-state index in [1.807, 2.05) is 38.2 Å². The van der Waals surface area contributed by atoms with Gasteiger partial charge in [0, 0.05) is 31.2 Å². The second-order valence-electron chi connectivity index (χ2n) is 8.42. The van der Waals surface area contributed by atoms with Gasteiger partial charge in [-0.05, 0) is 48.5 Å². The molecule has 1 atom stereocenters. The number of amides is 1. The van der Waals surface area contributed by atoms with Crippen molar-refractivity contribution in [3.05, 3.63) is 77.1 Å². The van der Waals surface area contributed by atoms with Gasteiger partial charge >= 0.3 is 0 Å². The van der Waals surface area contributed by atoms with Crippen LogP contribution >= 0.6 is 0 Å². The second-order valence-corrected chi connectivity index (χ2v) is 8.42. The van der Waals surface area contributed by atoms with Crippen LogP contribution in [0.25, 0.3) is 10.8 Å². The monoisotopic (exact) mass is 446 g/mol. The summed E-state index contributed by atoms with van der Waals surface area (Å²) in [6.07, 6.45) is 0. The van der Waals surface area contributed by atoms with Crippen molar-refractivity contribution < 1.29 is 13.9 Å². The number of carbonyl (C=O) groups is 1. The third kappa shape index (κ3) is 4.04. The molecule has 1 aliphatic rings. The molecule has 1 amide bonds. The first-order chi connectivity index (χ1) is 15.9. The van der Waals surface area contributed by atoms with Crippen molar-refractivity contribution in [2.24, 2.45) is 0 Å². The maximum Gasteiger partial charge on any atom is 0.245 e. The summed E-state index contributed by atoms with van der Waals surface area (Å²) in [6.45, 7) is 3.46. The predicted octanol–water partition coefficient (Wildman–Crippen LogP) is 3.29. The molecule has 3 aromatic rings. The lowest BCUT2D eigenvalue weighted by molar-refractivity contribution is -0.137. The maximum absolute atomic E-state index is 13.7. The number of likely N-dealkylation sites (tertiary alicyclic amines) is 1. The molecule has 0 saturated carbocycles. The Morgan fingerprint density at radius 3 is 2.58 bits per heavy atom. The lowest BCUT2D eigenvalue weighted by atomic mass is 9.85. The highest BCUT2D eigenvalue weighted by atomic mass is 19.1. The molecular weight excluding hydrogens is 419 g/mol. The lowest BCUT2D eigenvalue weighted by Gasteiger charge is -2.49. The number of rotatable bonds is 7. The van der Waals surface area contributed by atoms with E-state index in [1.165, 1.54) is 19.2 Å². The number of nitriles is 1. The number of hydrogen-bond donors (Lipinski definition) is 2. The van der Waals surface area contributed by atoms with Crippen LogP contribution in [0.2, 0.25) is 0 Å². The molecule has 1 aliphatic heterocycles. The Balaban J connectivity index is 1.68. The molecule has 1 fully saturated rings. The SMILES string of the molecule is CNC1CN(C(C)(C(=O)NCc2c(OC)c(C#N)cc3ccccc23)c2ccc(F)cc2)C1. The van der Waals surface area contributed by atoms with E-state index in [2.05, 4.69) is 21.6 Å². The molecule has 1 unspecified atom stereocenters. The maximum atomic E-state index is 13.7. The summed E-state index contributed by atoms with van der Waals surface area (Å²) in [5.41, 5.74) is 0.912. The zero-order valence-electron chi connectivity index (χ0n) is 19.0. The number of benzene rings is 3. The van der Waals surface area contributed by atoms with Crippen molar-refractivity contribution in [3.63, 3.8) is 0 Å². The van der Waals surface area contributed by atoms with Gasteiger partial charge in [0.05, 0.1) is 12.7 Å². The highest BCUT2D eigenvalue weighted by molar-refractivity contribution is 5.91. The molecule has 6 nitrogen and oxygen atoms in total. The van der Waals surface area contributed by atoms with Crippen molar-refractivity contribution in [2.75, 3.05) is 27.2 Å². The zero-order chi connectivity index (χ0) is 23.6. The van der Waals surface area contributed by atoms with Crippen molar-refractivity contribution in [2.45, 2.75) is 25.0 Å². The van der Waals surface area contributed by atoms with E-state index in [4.69, 9.17) is 4.74 Å². The molecule has 0 spiro atoms. The number of likely N-dealkylation sites (N-methyl/N-ethyl adjacent to an activating group) is 1. The van der Waals surface area contributed by atoms with E-state index in [9.17, 15) is 14.4 Å². The molecule has 0 aromatic heterocycles. The number of methoxy groups -OCH3 is 1. The molecular formula is C26H27FN4O2. The van der Waals surface area contributed by atoms with Crippen LogP contribution in [0.4, 0.5) is 4.39 Å². The fourth-order valence-electron chi connectivity index (χ4n) is 4.49. The van der Waals surface area contributed by atoms with Crippen molar-refractivity contribution in [1.29, 1.82) is 5.26 Å². The third-order valence-corrected chi connectivity index (χ3v) is 6.63. The van der Waals surface area contributed by atoms with Gasteiger partial charge < -0.3 is 15.4 Å². The van der Waals surface area contributed by atoms with E-state index in [0.29, 0.717) is 30.4 Å². The Hall–Kier alpha value is -3.47. The first-order valence-corrected chi connectivity index (χ1v) is 10.9. The average molecular weight is 447 g/mol. The van der Waals surface area contributed by atoms with Gasteiger partial charge in [-0.2, -0.15) is 5.26 Å². The minimum absolute atomic E-state index is 0.193. The Morgan fingerprint density at radius 1 is 1.24 bits per heavy atom. The van der Waals surface area contributed by atoms with Gasteiger partial charge in [0.25, 0.3) is 0 Å². The van der Waals surface area contributed by atoms with Crippen LogP contribution in [-0.4, -0.2) is 44.1 Å². The normalized spacial score (nSPS) is 16.0. The van der Waals surface area contributed by atoms with E-state index >= 15 is 0 Å². The van der Waals surface area contributed by atoms with Gasteiger partial charge in [0.1, 0.15) is 23.2 Å². The summed E-state index contributed by atoms with van der Waals surface area (Å²) in [4.78, 5) is 15.8. The van der Waals surface area contributed by atoms with Crippen LogP contribution in [0.15, 0.2) is 54.6 Å². The molecule has 0 aliphatic carbocycles. The van der Waals surface area contributed by atoms with Gasteiger partial charge in [-0.25, -0.2) is 4.39 Å². The smallest absolute Gasteiger partial charge is 0.245 e. The summed E-state index contributed by atoms with van der Waals surface area (Å²) in [6, 6.07) is 18.1. The minimum Gasteiger partial charge on any atom is -0.495 e. The number of ether oxygens (including phenoxy) is 1. The molecule has 4 rings (SSSR count). The van der Waals surface area contributed by atoms with E-state index in [1.54, 1.807) is 18.2 Å². The van der Waals surface area contributed by atoms with Crippen LogP contribution in [0.5, 0.6) is 5.75 Å². The molecule has 0 bridgehead atoms. The minimum atomic E-state index is -0.975. The molecule has 7 heteroatoms. The summed E-state index contributed by atoms with van der Waals surface area (Å²) in [5.74, 6) is -0.0842. The lowest BCUT2D eigenvalue weighted by Crippen LogP contribution is -2.67. The Labute approximate surface area is 193 Å². The molecule has 1 heterocycles. The summed E-state index contributed by atoms with van der Waals surface area (Å²) < 4.78 is 19.2. The van der Waals surface area contributed by atoms with Crippen LogP contribution in [-0.2, 0) is 16.9 Å². The average Bonchev–Trinajstić information content (AvgIpc) is 2.81. The zero-order valence-corrected chi connectivity index (χ0v) is 19.0. The number of nitrogens with one attached hydrogen (secondary N) is 2. The Kier molecular flexibility index (Phi) is 6.32. The number of nitrogens with zero attached hydrogens (tertiary/aromatic N) is 2. The van der Waals surface area contributed by atoms with E-state index in [-0.39, 0.29) is 18.3 Å². The van der Waals surface area contributed by atoms with Crippen LogP contribution in [0.3, 0.4) is 0 Å². The molecule has 33 heavy (non-hydrogen) atoms. The topological polar surface area (TPSA) is 77.4 Å². The van der Waals surface area contributed by atoms with Crippen molar-refractivity contribution >= 4 is 16.7 Å². The van der Waals surface area contributed by atoms with Gasteiger partial charge in [-0.3, -0.25) is 9.69 Å². The van der Waals surface area contributed by atoms with Gasteiger partial charge in [-0.1, -0.05) is 36.4 Å². The Morgan fingerprint density at radius 2 is 1.94 bits per heavy atom. The Bertz CT molecular complexity index is 1220. The predicted molar refractivity (Wildman–Crippen MR) is 125 cm³/mol. The highest BCUT2D eigenvalue weighted by Gasteiger charge is 2.46. The number of fused-ring (bicyclic) bond motifs is 1. The van der Waals surface area contributed by atoms with Crippen LogP contribution in [0.1, 0.15) is 23.6 Å². The van der Waals surface area contributed by atoms with E-state index < -0.39 is 5.54 Å². The highest BCUT2D eigenvalue weighted by Crippen LogP contribution is 2.35. The number of carbonyl (C=O) groups excluding carboxylic acids is 1. The largest absolute Gasteiger partial charge is 0.495 e. The summed E-state index contributed by atoms with van der Waals surface area (Å²) in [7, 11) is 3.42. The fraction of sp³-hybridized carbons (Fsp3) is 0.308. The summed E-state index contributed by atoms with van der Waals surface area (Å²) >= 11 is 0. The molecule has 0 radical (unpaired) electrons. The quantitative estimate of drug-likeness (QED) is 0.582. The first-order valence-electron chi connectivity index (χ1n) is 10.9. The third-order valence-electron chi connectivity index (χ3n) is 6.63. The first kappa shape index (κ1) is 22.7. The summed E-state index contributed by atoms with van der Waals surface area (Å²) in [5, 5.41) is 17.7. The number of halogens is 1. The van der Waals surface area contributed by atoms with Crippen molar-refractivity contribution in [3.8, 4) is 11.8 Å². The number of hydrogen-bond acceptors (Lipinski definition) is 5. The van der Waals surface area contributed by atoms with Gasteiger partial charge in [0.2, 0.25) is 5.91 Å². The molecule has 1 saturated heterocycles. The van der Waals surface area contributed by atoms with E-state index in [0.717, 1.165) is 21.9 Å². The standard InChI is InChI=1S/C26H27FN4O2/c1-26(31-15-21(16-31)29-2,19-8-10-20(27)11-9-19)25(32)30-14-23-22-7-5-4-6-17(22)12-18(13-28)24(23)33-3/h4-12,21,29H,14-16H2,1-3H3,(H,30,32). The van der Waals surface area contributed by atoms with Crippen LogP contribution < -0.4 is 15.4 Å². The molecule has 170 valence electrons. The van der Waals surface area contributed by atoms with Crippen LogP contribution in [0, 0.1) is 17.1 Å². The molecule has 2 N–H and O–H groups in total. The van der Waals surface area contributed by atoms with Gasteiger partial charge in [-0.15, -0.1) is 0 Å². The molecule has 3 aromatic carbocycles.